The predicted octanol–water partition coefficient (Wildman–Crippen LogP) is 0.481. The molecule has 124 valence electrons. The lowest BCUT2D eigenvalue weighted by Gasteiger charge is -2.23. The molecule has 0 bridgehead atoms. The molecular formula is C13H26ClN3O3S. The van der Waals surface area contributed by atoms with E-state index in [-0.39, 0.29) is 24.1 Å². The number of nitrogens with one attached hydrogen (secondary N) is 2. The molecule has 0 aromatic heterocycles. The number of sulfonamides is 1. The fraction of sp³-hybridized carbons (Fsp3) is 0.923. The molecule has 8 heteroatoms. The van der Waals surface area contributed by atoms with E-state index < -0.39 is 16.1 Å². The van der Waals surface area contributed by atoms with Gasteiger partial charge >= 0.3 is 0 Å². The summed E-state index contributed by atoms with van der Waals surface area (Å²) in [4.78, 5) is 12.2. The van der Waals surface area contributed by atoms with Crippen LogP contribution in [0.1, 0.15) is 39.0 Å². The Morgan fingerprint density at radius 3 is 2.71 bits per heavy atom. The third-order valence-corrected chi connectivity index (χ3v) is 6.09. The van der Waals surface area contributed by atoms with Gasteiger partial charge in [0.1, 0.15) is 6.04 Å². The fourth-order valence-corrected chi connectivity index (χ4v) is 4.73. The number of hydrogen-bond donors (Lipinski definition) is 2. The van der Waals surface area contributed by atoms with Crippen molar-refractivity contribution in [2.24, 2.45) is 0 Å². The van der Waals surface area contributed by atoms with E-state index in [2.05, 4.69) is 10.6 Å². The lowest BCUT2D eigenvalue weighted by Crippen LogP contribution is -2.48. The van der Waals surface area contributed by atoms with E-state index in [9.17, 15) is 13.2 Å². The third-order valence-electron chi connectivity index (χ3n) is 4.01. The number of amides is 1. The molecule has 0 saturated carbocycles. The Bertz CT molecular complexity index is 438. The van der Waals surface area contributed by atoms with Crippen molar-refractivity contribution < 1.29 is 13.2 Å². The van der Waals surface area contributed by atoms with E-state index >= 15 is 0 Å². The molecule has 2 unspecified atom stereocenters. The van der Waals surface area contributed by atoms with Crippen molar-refractivity contribution in [3.63, 3.8) is 0 Å². The second kappa shape index (κ2) is 8.31. The van der Waals surface area contributed by atoms with Gasteiger partial charge < -0.3 is 10.6 Å². The van der Waals surface area contributed by atoms with Crippen molar-refractivity contribution in [1.82, 2.24) is 14.9 Å². The van der Waals surface area contributed by atoms with Gasteiger partial charge in [0, 0.05) is 19.1 Å². The van der Waals surface area contributed by atoms with Crippen LogP contribution < -0.4 is 10.6 Å². The van der Waals surface area contributed by atoms with E-state index in [1.165, 1.54) is 4.31 Å². The zero-order chi connectivity index (χ0) is 14.6. The van der Waals surface area contributed by atoms with Crippen molar-refractivity contribution in [2.45, 2.75) is 51.1 Å². The molecular weight excluding hydrogens is 314 g/mol. The van der Waals surface area contributed by atoms with Crippen LogP contribution in [0.4, 0.5) is 0 Å². The topological polar surface area (TPSA) is 78.5 Å². The number of rotatable bonds is 6. The summed E-state index contributed by atoms with van der Waals surface area (Å²) in [6, 6.07) is -0.172. The highest BCUT2D eigenvalue weighted by Gasteiger charge is 2.38. The first-order chi connectivity index (χ1) is 9.54. The minimum Gasteiger partial charge on any atom is -0.353 e. The first-order valence-electron chi connectivity index (χ1n) is 7.55. The van der Waals surface area contributed by atoms with Crippen LogP contribution in [0.2, 0.25) is 0 Å². The highest BCUT2D eigenvalue weighted by molar-refractivity contribution is 7.89. The molecule has 6 nitrogen and oxygen atoms in total. The highest BCUT2D eigenvalue weighted by Crippen LogP contribution is 2.22. The molecule has 0 aromatic rings. The van der Waals surface area contributed by atoms with Crippen molar-refractivity contribution in [2.75, 3.05) is 25.4 Å². The van der Waals surface area contributed by atoms with E-state index in [0.717, 1.165) is 25.8 Å². The van der Waals surface area contributed by atoms with Gasteiger partial charge in [-0.05, 0) is 38.6 Å². The van der Waals surface area contributed by atoms with Crippen molar-refractivity contribution >= 4 is 28.3 Å². The van der Waals surface area contributed by atoms with Crippen LogP contribution in [0.5, 0.6) is 0 Å². The van der Waals surface area contributed by atoms with Crippen LogP contribution in [-0.4, -0.2) is 56.1 Å². The van der Waals surface area contributed by atoms with Crippen LogP contribution >= 0.6 is 12.4 Å². The Morgan fingerprint density at radius 2 is 2.10 bits per heavy atom. The summed E-state index contributed by atoms with van der Waals surface area (Å²) in [5.41, 5.74) is 0. The van der Waals surface area contributed by atoms with Crippen molar-refractivity contribution in [3.8, 4) is 0 Å². The largest absolute Gasteiger partial charge is 0.353 e. The molecule has 2 rings (SSSR count). The zero-order valence-corrected chi connectivity index (χ0v) is 14.1. The molecule has 2 saturated heterocycles. The van der Waals surface area contributed by atoms with Gasteiger partial charge in [-0.25, -0.2) is 8.42 Å². The number of hydrogen-bond acceptors (Lipinski definition) is 4. The first-order valence-corrected chi connectivity index (χ1v) is 9.16. The Labute approximate surface area is 133 Å². The SMILES string of the molecule is CCCS(=O)(=O)N1CCCC1C(=O)NCC1CCCN1.Cl. The maximum atomic E-state index is 12.2. The first kappa shape index (κ1) is 18.7. The van der Waals surface area contributed by atoms with Crippen LogP contribution in [-0.2, 0) is 14.8 Å². The van der Waals surface area contributed by atoms with Gasteiger partial charge in [0.25, 0.3) is 0 Å². The average Bonchev–Trinajstić information content (AvgIpc) is 3.07. The van der Waals surface area contributed by atoms with Gasteiger partial charge in [0.2, 0.25) is 15.9 Å². The molecule has 0 aromatic carbocycles. The average molecular weight is 340 g/mol. The Hall–Kier alpha value is -0.370. The summed E-state index contributed by atoms with van der Waals surface area (Å²) in [6.07, 6.45) is 4.19. The molecule has 0 aliphatic carbocycles. The van der Waals surface area contributed by atoms with Crippen LogP contribution in [0.25, 0.3) is 0 Å². The molecule has 2 heterocycles. The molecule has 1 amide bonds. The Kier molecular flexibility index (Phi) is 7.39. The van der Waals surface area contributed by atoms with Crippen LogP contribution in [0.3, 0.4) is 0 Å². The molecule has 21 heavy (non-hydrogen) atoms. The normalized spacial score (nSPS) is 26.5. The maximum Gasteiger partial charge on any atom is 0.238 e. The second-order valence-corrected chi connectivity index (χ2v) is 7.66. The third kappa shape index (κ3) is 4.81. The van der Waals surface area contributed by atoms with Crippen LogP contribution in [0, 0.1) is 0 Å². The van der Waals surface area contributed by atoms with E-state index in [4.69, 9.17) is 0 Å². The molecule has 0 spiro atoms. The van der Waals surface area contributed by atoms with Gasteiger partial charge in [0.05, 0.1) is 5.75 Å². The highest BCUT2D eigenvalue weighted by atomic mass is 35.5. The summed E-state index contributed by atoms with van der Waals surface area (Å²) in [5, 5.41) is 6.22. The minimum atomic E-state index is -3.28. The standard InChI is InChI=1S/C13H25N3O3S.ClH/c1-2-9-20(18,19)16-8-4-6-12(16)13(17)15-10-11-5-3-7-14-11;/h11-12,14H,2-10H2,1H3,(H,15,17);1H. The minimum absolute atomic E-state index is 0. The summed E-state index contributed by atoms with van der Waals surface area (Å²) in [5.74, 6) is -0.0168. The molecule has 2 aliphatic rings. The van der Waals surface area contributed by atoms with Gasteiger partial charge in [-0.2, -0.15) is 4.31 Å². The number of halogens is 1. The Balaban J connectivity index is 0.00000220. The Morgan fingerprint density at radius 1 is 1.33 bits per heavy atom. The summed E-state index contributed by atoms with van der Waals surface area (Å²) in [7, 11) is -3.28. The molecule has 2 atom stereocenters. The van der Waals surface area contributed by atoms with Crippen molar-refractivity contribution in [3.05, 3.63) is 0 Å². The molecule has 0 radical (unpaired) electrons. The number of carbonyl (C=O) groups is 1. The second-order valence-electron chi connectivity index (χ2n) is 5.62. The fourth-order valence-electron chi connectivity index (χ4n) is 2.98. The molecule has 2 aliphatic heterocycles. The van der Waals surface area contributed by atoms with Crippen LogP contribution in [0.15, 0.2) is 0 Å². The lowest BCUT2D eigenvalue weighted by atomic mass is 10.2. The van der Waals surface area contributed by atoms with Gasteiger partial charge in [0.15, 0.2) is 0 Å². The van der Waals surface area contributed by atoms with Gasteiger partial charge in [-0.3, -0.25) is 4.79 Å². The maximum absolute atomic E-state index is 12.2. The van der Waals surface area contributed by atoms with E-state index in [1.54, 1.807) is 0 Å². The summed E-state index contributed by atoms with van der Waals surface area (Å²) in [6.45, 7) is 3.91. The molecule has 2 fully saturated rings. The summed E-state index contributed by atoms with van der Waals surface area (Å²) < 4.78 is 25.7. The van der Waals surface area contributed by atoms with Crippen molar-refractivity contribution in [1.29, 1.82) is 0 Å². The molecule has 2 N–H and O–H groups in total. The quantitative estimate of drug-likeness (QED) is 0.738. The summed E-state index contributed by atoms with van der Waals surface area (Å²) >= 11 is 0. The monoisotopic (exact) mass is 339 g/mol. The predicted molar refractivity (Wildman–Crippen MR) is 85.1 cm³/mol. The van der Waals surface area contributed by atoms with E-state index in [1.807, 2.05) is 6.92 Å². The zero-order valence-electron chi connectivity index (χ0n) is 12.5. The number of carbonyl (C=O) groups excluding carboxylic acids is 1. The van der Waals surface area contributed by atoms with Gasteiger partial charge in [-0.15, -0.1) is 12.4 Å². The number of nitrogens with zero attached hydrogens (tertiary/aromatic N) is 1. The lowest BCUT2D eigenvalue weighted by molar-refractivity contribution is -0.124. The van der Waals surface area contributed by atoms with E-state index in [0.29, 0.717) is 32.0 Å². The smallest absolute Gasteiger partial charge is 0.238 e. The van der Waals surface area contributed by atoms with Gasteiger partial charge in [-0.1, -0.05) is 6.92 Å².